The lowest BCUT2D eigenvalue weighted by molar-refractivity contribution is -0.143. The number of carbonyl (C=O) groups is 1. The van der Waals surface area contributed by atoms with Crippen LogP contribution in [0.5, 0.6) is 0 Å². The summed E-state index contributed by atoms with van der Waals surface area (Å²) in [7, 11) is 1.29. The van der Waals surface area contributed by atoms with E-state index in [1.807, 2.05) is 0 Å². The molecule has 1 aromatic carbocycles. The molecule has 0 bridgehead atoms. The van der Waals surface area contributed by atoms with Gasteiger partial charge in [-0.3, -0.25) is 10.2 Å². The lowest BCUT2D eigenvalue weighted by atomic mass is 10.0. The van der Waals surface area contributed by atoms with Gasteiger partial charge in [0.25, 0.3) is 0 Å². The Morgan fingerprint density at radius 3 is 3.00 bits per heavy atom. The summed E-state index contributed by atoms with van der Waals surface area (Å²) in [6.45, 7) is 0. The monoisotopic (exact) mass is 279 g/mol. The molecular weight excluding hydrogens is 265 g/mol. The summed E-state index contributed by atoms with van der Waals surface area (Å²) in [5.74, 6) is -1.14. The van der Waals surface area contributed by atoms with Crippen LogP contribution in [0, 0.1) is 11.2 Å². The van der Waals surface area contributed by atoms with Crippen LogP contribution in [0.3, 0.4) is 0 Å². The second kappa shape index (κ2) is 5.68. The Balaban J connectivity index is 2.10. The highest BCUT2D eigenvalue weighted by molar-refractivity contribution is 6.03. The zero-order chi connectivity index (χ0) is 14.7. The number of amidine groups is 1. The molecule has 0 amide bonds. The molecule has 20 heavy (non-hydrogen) atoms. The third kappa shape index (κ3) is 2.93. The van der Waals surface area contributed by atoms with E-state index in [1.165, 1.54) is 25.3 Å². The highest BCUT2D eigenvalue weighted by Gasteiger charge is 2.26. The van der Waals surface area contributed by atoms with Crippen LogP contribution in [0.25, 0.3) is 0 Å². The van der Waals surface area contributed by atoms with E-state index in [1.54, 1.807) is 0 Å². The molecule has 7 heteroatoms. The first-order valence-electron chi connectivity index (χ1n) is 5.95. The molecule has 0 fully saturated rings. The lowest BCUT2D eigenvalue weighted by Crippen LogP contribution is -2.16. The SMILES string of the molecule is COC(=O)CC1CC(c2ccc(C(=N)N)cc2F)=NO1. The smallest absolute Gasteiger partial charge is 0.309 e. The minimum atomic E-state index is -0.529. The molecular formula is C13H14FN3O3. The minimum Gasteiger partial charge on any atom is -0.469 e. The van der Waals surface area contributed by atoms with E-state index in [9.17, 15) is 9.18 Å². The molecule has 0 aliphatic carbocycles. The van der Waals surface area contributed by atoms with Gasteiger partial charge in [0.1, 0.15) is 17.8 Å². The van der Waals surface area contributed by atoms with E-state index in [-0.39, 0.29) is 17.8 Å². The van der Waals surface area contributed by atoms with Gasteiger partial charge in [-0.25, -0.2) is 4.39 Å². The number of nitrogens with zero attached hydrogens (tertiary/aromatic N) is 1. The van der Waals surface area contributed by atoms with Gasteiger partial charge in [0.05, 0.1) is 19.2 Å². The number of rotatable bonds is 4. The van der Waals surface area contributed by atoms with Gasteiger partial charge >= 0.3 is 5.97 Å². The number of hydrogen-bond donors (Lipinski definition) is 2. The Labute approximate surface area is 114 Å². The Kier molecular flexibility index (Phi) is 3.97. The number of nitrogens with one attached hydrogen (secondary N) is 1. The van der Waals surface area contributed by atoms with Crippen molar-refractivity contribution in [1.82, 2.24) is 0 Å². The molecule has 0 spiro atoms. The van der Waals surface area contributed by atoms with Crippen LogP contribution >= 0.6 is 0 Å². The van der Waals surface area contributed by atoms with Crippen molar-refractivity contribution in [2.75, 3.05) is 7.11 Å². The second-order valence-corrected chi connectivity index (χ2v) is 4.36. The van der Waals surface area contributed by atoms with Crippen LogP contribution in [-0.4, -0.2) is 30.7 Å². The molecule has 1 unspecified atom stereocenters. The number of nitrogens with two attached hydrogens (primary N) is 1. The molecule has 0 aromatic heterocycles. The number of nitrogen functional groups attached to an aromatic ring is 1. The molecule has 1 heterocycles. The number of ether oxygens (including phenoxy) is 1. The van der Waals surface area contributed by atoms with Gasteiger partial charge in [0.2, 0.25) is 0 Å². The number of methoxy groups -OCH3 is 1. The molecule has 1 aromatic rings. The third-order valence-electron chi connectivity index (χ3n) is 2.95. The van der Waals surface area contributed by atoms with Crippen LogP contribution in [0.2, 0.25) is 0 Å². The van der Waals surface area contributed by atoms with Gasteiger partial charge in [-0.15, -0.1) is 0 Å². The van der Waals surface area contributed by atoms with Crippen molar-refractivity contribution >= 4 is 17.5 Å². The van der Waals surface area contributed by atoms with Crippen LogP contribution in [0.4, 0.5) is 4.39 Å². The molecule has 3 N–H and O–H groups in total. The van der Waals surface area contributed by atoms with Gasteiger partial charge in [0.15, 0.2) is 0 Å². The quantitative estimate of drug-likeness (QED) is 0.491. The largest absolute Gasteiger partial charge is 0.469 e. The van der Waals surface area contributed by atoms with Gasteiger partial charge in [0, 0.05) is 17.5 Å². The van der Waals surface area contributed by atoms with E-state index in [0.29, 0.717) is 17.7 Å². The number of hydrogen-bond acceptors (Lipinski definition) is 5. The summed E-state index contributed by atoms with van der Waals surface area (Å²) in [6, 6.07) is 4.21. The molecule has 6 nitrogen and oxygen atoms in total. The van der Waals surface area contributed by atoms with Gasteiger partial charge < -0.3 is 15.3 Å². The molecule has 1 aliphatic rings. The van der Waals surface area contributed by atoms with Crippen molar-refractivity contribution in [3.8, 4) is 0 Å². The van der Waals surface area contributed by atoms with Crippen LogP contribution in [0.15, 0.2) is 23.4 Å². The average molecular weight is 279 g/mol. The zero-order valence-corrected chi connectivity index (χ0v) is 10.9. The molecule has 0 saturated heterocycles. The maximum atomic E-state index is 13.9. The maximum absolute atomic E-state index is 13.9. The first-order valence-corrected chi connectivity index (χ1v) is 5.95. The summed E-state index contributed by atoms with van der Waals surface area (Å²) in [5.41, 5.74) is 6.29. The van der Waals surface area contributed by atoms with E-state index in [0.717, 1.165) is 0 Å². The summed E-state index contributed by atoms with van der Waals surface area (Å²) < 4.78 is 18.5. The maximum Gasteiger partial charge on any atom is 0.309 e. The van der Waals surface area contributed by atoms with Crippen LogP contribution < -0.4 is 5.73 Å². The lowest BCUT2D eigenvalue weighted by Gasteiger charge is -2.06. The molecule has 0 saturated carbocycles. The van der Waals surface area contributed by atoms with E-state index >= 15 is 0 Å². The summed E-state index contributed by atoms with van der Waals surface area (Å²) in [4.78, 5) is 16.2. The van der Waals surface area contributed by atoms with Gasteiger partial charge in [-0.05, 0) is 12.1 Å². The van der Waals surface area contributed by atoms with E-state index < -0.39 is 17.9 Å². The Morgan fingerprint density at radius 2 is 2.40 bits per heavy atom. The number of benzene rings is 1. The first kappa shape index (κ1) is 14.0. The molecule has 106 valence electrons. The van der Waals surface area contributed by atoms with Crippen molar-refractivity contribution in [1.29, 1.82) is 5.41 Å². The van der Waals surface area contributed by atoms with Crippen molar-refractivity contribution in [3.05, 3.63) is 35.1 Å². The van der Waals surface area contributed by atoms with E-state index in [2.05, 4.69) is 9.89 Å². The summed E-state index contributed by atoms with van der Waals surface area (Å²) in [5, 5.41) is 11.0. The number of carbonyl (C=O) groups excluding carboxylic acids is 1. The minimum absolute atomic E-state index is 0.0661. The predicted molar refractivity (Wildman–Crippen MR) is 70.1 cm³/mol. The van der Waals surface area contributed by atoms with E-state index in [4.69, 9.17) is 16.0 Å². The number of halogens is 1. The van der Waals surface area contributed by atoms with Crippen molar-refractivity contribution in [2.45, 2.75) is 18.9 Å². The molecule has 1 aliphatic heterocycles. The fraction of sp³-hybridized carbons (Fsp3) is 0.308. The molecule has 1 atom stereocenters. The van der Waals surface area contributed by atoms with Gasteiger partial charge in [-0.2, -0.15) is 0 Å². The number of esters is 1. The highest BCUT2D eigenvalue weighted by Crippen LogP contribution is 2.21. The zero-order valence-electron chi connectivity index (χ0n) is 10.9. The normalized spacial score (nSPS) is 17.3. The van der Waals surface area contributed by atoms with Crippen molar-refractivity contribution < 1.29 is 18.8 Å². The number of oxime groups is 1. The predicted octanol–water partition coefficient (Wildman–Crippen LogP) is 1.17. The third-order valence-corrected chi connectivity index (χ3v) is 2.95. The highest BCUT2D eigenvalue weighted by atomic mass is 19.1. The topological polar surface area (TPSA) is 97.8 Å². The standard InChI is InChI=1S/C13H14FN3O3/c1-19-12(18)6-8-5-11(17-20-8)9-3-2-7(13(15)16)4-10(9)14/h2-4,8H,5-6H2,1H3,(H3,15,16). The first-order chi connectivity index (χ1) is 9.51. The van der Waals surface area contributed by atoms with Crippen molar-refractivity contribution in [3.63, 3.8) is 0 Å². The van der Waals surface area contributed by atoms with Crippen LogP contribution in [0.1, 0.15) is 24.0 Å². The van der Waals surface area contributed by atoms with Crippen molar-refractivity contribution in [2.24, 2.45) is 10.9 Å². The van der Waals surface area contributed by atoms with Gasteiger partial charge in [-0.1, -0.05) is 11.2 Å². The molecule has 2 rings (SSSR count). The summed E-state index contributed by atoms with van der Waals surface area (Å²) >= 11 is 0. The summed E-state index contributed by atoms with van der Waals surface area (Å²) in [6.07, 6.45) is -0.0495. The second-order valence-electron chi connectivity index (χ2n) is 4.36. The fourth-order valence-corrected chi connectivity index (χ4v) is 1.88. The Hall–Kier alpha value is -2.44. The Morgan fingerprint density at radius 1 is 1.65 bits per heavy atom. The molecule has 0 radical (unpaired) electrons. The average Bonchev–Trinajstić information content (AvgIpc) is 2.86. The fourth-order valence-electron chi connectivity index (χ4n) is 1.88. The van der Waals surface area contributed by atoms with Crippen LogP contribution in [-0.2, 0) is 14.4 Å². The Bertz CT molecular complexity index is 586.